The average Bonchev–Trinajstić information content (AvgIpc) is 3.10. The van der Waals surface area contributed by atoms with Gasteiger partial charge in [-0.05, 0) is 18.1 Å². The summed E-state index contributed by atoms with van der Waals surface area (Å²) in [6.45, 7) is 2.43. The molecule has 2 heterocycles. The van der Waals surface area contributed by atoms with Crippen molar-refractivity contribution in [2.24, 2.45) is 0 Å². The van der Waals surface area contributed by atoms with Gasteiger partial charge in [-0.15, -0.1) is 11.3 Å². The van der Waals surface area contributed by atoms with Gasteiger partial charge in [0, 0.05) is 4.88 Å². The molecular formula is C20H22N2O3S. The molecule has 136 valence electrons. The number of aromatic nitrogens is 2. The molecule has 0 spiro atoms. The molecule has 0 aliphatic carbocycles. The number of carbonyl (C=O) groups is 1. The normalized spacial score (nSPS) is 11.0. The van der Waals surface area contributed by atoms with Crippen LogP contribution in [-0.4, -0.2) is 22.1 Å². The van der Waals surface area contributed by atoms with Gasteiger partial charge in [0.15, 0.2) is 0 Å². The molecule has 0 atom stereocenters. The molecule has 0 radical (unpaired) electrons. The number of carbonyl (C=O) groups excluding carboxylic acids is 1. The number of fused-ring (bicyclic) bond motifs is 1. The highest BCUT2D eigenvalue weighted by atomic mass is 32.1. The van der Waals surface area contributed by atoms with Crippen molar-refractivity contribution in [3.63, 3.8) is 0 Å². The summed E-state index contributed by atoms with van der Waals surface area (Å²) in [5, 5.41) is 0.534. The van der Waals surface area contributed by atoms with Gasteiger partial charge >= 0.3 is 5.97 Å². The Bertz CT molecular complexity index is 931. The lowest BCUT2D eigenvalue weighted by atomic mass is 10.2. The summed E-state index contributed by atoms with van der Waals surface area (Å²) < 4.78 is 6.53. The van der Waals surface area contributed by atoms with E-state index in [2.05, 4.69) is 11.9 Å². The summed E-state index contributed by atoms with van der Waals surface area (Å²) in [4.78, 5) is 30.6. The van der Waals surface area contributed by atoms with Gasteiger partial charge in [0.05, 0.1) is 18.3 Å². The van der Waals surface area contributed by atoms with Crippen molar-refractivity contribution < 1.29 is 9.53 Å². The number of ether oxygens (including phenoxy) is 1. The van der Waals surface area contributed by atoms with Crippen LogP contribution in [0.4, 0.5) is 0 Å². The smallest absolute Gasteiger partial charge is 0.326 e. The van der Waals surface area contributed by atoms with Crippen LogP contribution in [0.2, 0.25) is 0 Å². The van der Waals surface area contributed by atoms with Gasteiger partial charge in [0.1, 0.15) is 11.4 Å². The first-order valence-corrected chi connectivity index (χ1v) is 9.70. The second-order valence-electron chi connectivity index (χ2n) is 6.15. The molecule has 0 bridgehead atoms. The predicted octanol–water partition coefficient (Wildman–Crippen LogP) is 4.25. The third-order valence-corrected chi connectivity index (χ3v) is 5.23. The van der Waals surface area contributed by atoms with Crippen molar-refractivity contribution in [3.8, 4) is 10.4 Å². The number of rotatable bonds is 8. The molecular weight excluding hydrogens is 348 g/mol. The molecule has 0 unspecified atom stereocenters. The van der Waals surface area contributed by atoms with Gasteiger partial charge in [0.25, 0.3) is 5.56 Å². The van der Waals surface area contributed by atoms with Gasteiger partial charge in [-0.1, -0.05) is 56.5 Å². The molecule has 0 N–H and O–H groups in total. The molecule has 1 aromatic carbocycles. The molecule has 0 aliphatic heterocycles. The quantitative estimate of drug-likeness (QED) is 0.439. The minimum absolute atomic E-state index is 0.105. The molecule has 0 saturated heterocycles. The summed E-state index contributed by atoms with van der Waals surface area (Å²) in [5.74, 6) is -0.400. The largest absolute Gasteiger partial charge is 0.464 e. The highest BCUT2D eigenvalue weighted by molar-refractivity contribution is 7.21. The van der Waals surface area contributed by atoms with Crippen LogP contribution < -0.4 is 5.56 Å². The summed E-state index contributed by atoms with van der Waals surface area (Å²) >= 11 is 1.47. The molecule has 6 heteroatoms. The van der Waals surface area contributed by atoms with E-state index < -0.39 is 5.97 Å². The monoisotopic (exact) mass is 370 g/mol. The van der Waals surface area contributed by atoms with Gasteiger partial charge in [-0.3, -0.25) is 14.2 Å². The van der Waals surface area contributed by atoms with Crippen molar-refractivity contribution in [1.82, 2.24) is 9.55 Å². The molecule has 0 fully saturated rings. The Morgan fingerprint density at radius 2 is 2.00 bits per heavy atom. The number of esters is 1. The van der Waals surface area contributed by atoms with Crippen LogP contribution in [0.15, 0.2) is 47.5 Å². The van der Waals surface area contributed by atoms with Crippen LogP contribution in [0, 0.1) is 0 Å². The van der Waals surface area contributed by atoms with Gasteiger partial charge in [-0.25, -0.2) is 4.98 Å². The fraction of sp³-hybridized carbons (Fsp3) is 0.350. The van der Waals surface area contributed by atoms with Crippen molar-refractivity contribution in [2.45, 2.75) is 39.2 Å². The Morgan fingerprint density at radius 1 is 1.19 bits per heavy atom. The Balaban J connectivity index is 1.71. The SMILES string of the molecule is CCCCCCOC(=O)Cn1cnc2sc(-c3ccccc3)cc2c1=O. The van der Waals surface area contributed by atoms with E-state index in [9.17, 15) is 9.59 Å². The van der Waals surface area contributed by atoms with E-state index in [-0.39, 0.29) is 12.1 Å². The zero-order chi connectivity index (χ0) is 18.4. The third-order valence-electron chi connectivity index (χ3n) is 4.14. The van der Waals surface area contributed by atoms with Crippen molar-refractivity contribution in [1.29, 1.82) is 0 Å². The van der Waals surface area contributed by atoms with Crippen molar-refractivity contribution in [3.05, 3.63) is 53.1 Å². The van der Waals surface area contributed by atoms with E-state index in [1.165, 1.54) is 22.2 Å². The minimum atomic E-state index is -0.400. The highest BCUT2D eigenvalue weighted by Gasteiger charge is 2.12. The van der Waals surface area contributed by atoms with E-state index in [0.717, 1.165) is 36.1 Å². The highest BCUT2D eigenvalue weighted by Crippen LogP contribution is 2.30. The van der Waals surface area contributed by atoms with Crippen LogP contribution in [0.25, 0.3) is 20.7 Å². The van der Waals surface area contributed by atoms with Crippen LogP contribution >= 0.6 is 11.3 Å². The molecule has 5 nitrogen and oxygen atoms in total. The van der Waals surface area contributed by atoms with E-state index in [1.807, 2.05) is 36.4 Å². The standard InChI is InChI=1S/C20H22N2O3S/c1-2-3-4-8-11-25-18(23)13-22-14-21-19-16(20(22)24)12-17(26-19)15-9-6-5-7-10-15/h5-7,9-10,12,14H,2-4,8,11,13H2,1H3. The van der Waals surface area contributed by atoms with Crippen molar-refractivity contribution in [2.75, 3.05) is 6.61 Å². The first-order valence-electron chi connectivity index (χ1n) is 8.89. The Kier molecular flexibility index (Phi) is 6.17. The summed E-state index contributed by atoms with van der Waals surface area (Å²) in [7, 11) is 0. The first-order chi connectivity index (χ1) is 12.7. The van der Waals surface area contributed by atoms with Crippen LogP contribution in [-0.2, 0) is 16.1 Å². The zero-order valence-corrected chi connectivity index (χ0v) is 15.6. The van der Waals surface area contributed by atoms with E-state index in [0.29, 0.717) is 16.8 Å². The first kappa shape index (κ1) is 18.3. The lowest BCUT2D eigenvalue weighted by Gasteiger charge is -2.06. The number of nitrogens with zero attached hydrogens (tertiary/aromatic N) is 2. The number of unbranched alkanes of at least 4 members (excludes halogenated alkanes) is 3. The zero-order valence-electron chi connectivity index (χ0n) is 14.8. The predicted molar refractivity (Wildman–Crippen MR) is 104 cm³/mol. The Labute approximate surface area is 156 Å². The average molecular weight is 370 g/mol. The molecule has 0 aliphatic rings. The summed E-state index contributed by atoms with van der Waals surface area (Å²) in [6, 6.07) is 11.7. The van der Waals surface area contributed by atoms with Crippen LogP contribution in [0.1, 0.15) is 32.6 Å². The topological polar surface area (TPSA) is 61.2 Å². The third kappa shape index (κ3) is 4.38. The fourth-order valence-electron chi connectivity index (χ4n) is 2.72. The molecule has 0 amide bonds. The number of benzene rings is 1. The molecule has 2 aromatic heterocycles. The van der Waals surface area contributed by atoms with Gasteiger partial charge in [-0.2, -0.15) is 0 Å². The fourth-order valence-corrected chi connectivity index (χ4v) is 3.71. The van der Waals surface area contributed by atoms with E-state index >= 15 is 0 Å². The van der Waals surface area contributed by atoms with Crippen LogP contribution in [0.5, 0.6) is 0 Å². The van der Waals surface area contributed by atoms with Gasteiger partial charge < -0.3 is 4.74 Å². The maximum absolute atomic E-state index is 12.6. The molecule has 26 heavy (non-hydrogen) atoms. The maximum atomic E-state index is 12.6. The second-order valence-corrected chi connectivity index (χ2v) is 7.18. The number of hydrogen-bond donors (Lipinski definition) is 0. The molecule has 0 saturated carbocycles. The van der Waals surface area contributed by atoms with Gasteiger partial charge in [0.2, 0.25) is 0 Å². The number of hydrogen-bond acceptors (Lipinski definition) is 5. The Hall–Kier alpha value is -2.47. The molecule has 3 aromatic rings. The van der Waals surface area contributed by atoms with Crippen LogP contribution in [0.3, 0.4) is 0 Å². The van der Waals surface area contributed by atoms with Crippen molar-refractivity contribution >= 4 is 27.5 Å². The Morgan fingerprint density at radius 3 is 2.77 bits per heavy atom. The van der Waals surface area contributed by atoms with E-state index in [1.54, 1.807) is 0 Å². The maximum Gasteiger partial charge on any atom is 0.326 e. The summed E-state index contributed by atoms with van der Waals surface area (Å²) in [5.41, 5.74) is 0.837. The van der Waals surface area contributed by atoms with E-state index in [4.69, 9.17) is 4.74 Å². The second kappa shape index (κ2) is 8.76. The summed E-state index contributed by atoms with van der Waals surface area (Å²) in [6.07, 6.45) is 5.61. The minimum Gasteiger partial charge on any atom is -0.464 e. The molecule has 3 rings (SSSR count). The number of thiophene rings is 1. The lowest BCUT2D eigenvalue weighted by Crippen LogP contribution is -2.25. The lowest BCUT2D eigenvalue weighted by molar-refractivity contribution is -0.144.